The third-order valence-electron chi connectivity index (χ3n) is 3.49. The molecule has 1 heterocycles. The molecule has 0 radical (unpaired) electrons. The Balaban J connectivity index is 3.02. The Bertz CT molecular complexity index is 379. The first-order valence-corrected chi connectivity index (χ1v) is 6.19. The van der Waals surface area contributed by atoms with Gasteiger partial charge in [-0.25, -0.2) is 0 Å². The highest BCUT2D eigenvalue weighted by Gasteiger charge is 2.39. The lowest BCUT2D eigenvalue weighted by molar-refractivity contribution is -0.0504. The van der Waals surface area contributed by atoms with Crippen molar-refractivity contribution in [3.8, 4) is 0 Å². The summed E-state index contributed by atoms with van der Waals surface area (Å²) in [6, 6.07) is 2.02. The number of nitrogens with two attached hydrogens (primary N) is 1. The fraction of sp³-hybridized carbons (Fsp3) is 0.769. The molecule has 98 valence electrons. The van der Waals surface area contributed by atoms with E-state index in [1.165, 1.54) is 0 Å². The Morgan fingerprint density at radius 1 is 1.41 bits per heavy atom. The van der Waals surface area contributed by atoms with Crippen molar-refractivity contribution in [3.63, 3.8) is 0 Å². The van der Waals surface area contributed by atoms with Crippen LogP contribution < -0.4 is 5.73 Å². The van der Waals surface area contributed by atoms with Gasteiger partial charge in [0.25, 0.3) is 0 Å². The van der Waals surface area contributed by atoms with Gasteiger partial charge in [0.15, 0.2) is 0 Å². The number of aryl methyl sites for hydroxylation is 2. The zero-order chi connectivity index (χ0) is 13.3. The van der Waals surface area contributed by atoms with Crippen LogP contribution in [0.5, 0.6) is 0 Å². The van der Waals surface area contributed by atoms with E-state index in [1.807, 2.05) is 38.4 Å². The van der Waals surface area contributed by atoms with Crippen molar-refractivity contribution < 1.29 is 5.11 Å². The second-order valence-electron chi connectivity index (χ2n) is 5.76. The fourth-order valence-electron chi connectivity index (χ4n) is 1.96. The van der Waals surface area contributed by atoms with Crippen molar-refractivity contribution in [3.05, 3.63) is 17.5 Å². The lowest BCUT2D eigenvalue weighted by Gasteiger charge is -2.39. The number of hydrogen-bond acceptors (Lipinski definition) is 3. The van der Waals surface area contributed by atoms with Crippen LogP contribution in [0.2, 0.25) is 0 Å². The summed E-state index contributed by atoms with van der Waals surface area (Å²) in [6.07, 6.45) is 0.543. The van der Waals surface area contributed by atoms with Crippen LogP contribution in [0.15, 0.2) is 6.07 Å². The molecule has 0 amide bonds. The Hall–Kier alpha value is -0.870. The van der Waals surface area contributed by atoms with Crippen molar-refractivity contribution in [2.45, 2.75) is 53.2 Å². The van der Waals surface area contributed by atoms with Crippen LogP contribution in [0.25, 0.3) is 0 Å². The van der Waals surface area contributed by atoms with E-state index in [-0.39, 0.29) is 12.0 Å². The monoisotopic (exact) mass is 239 g/mol. The zero-order valence-electron chi connectivity index (χ0n) is 11.6. The van der Waals surface area contributed by atoms with Gasteiger partial charge in [-0.05, 0) is 25.3 Å². The molecule has 0 aliphatic heterocycles. The van der Waals surface area contributed by atoms with Crippen LogP contribution in [-0.4, -0.2) is 27.0 Å². The highest BCUT2D eigenvalue weighted by atomic mass is 16.3. The van der Waals surface area contributed by atoms with Gasteiger partial charge in [-0.15, -0.1) is 0 Å². The van der Waals surface area contributed by atoms with Crippen molar-refractivity contribution >= 4 is 0 Å². The van der Waals surface area contributed by atoms with Gasteiger partial charge >= 0.3 is 0 Å². The van der Waals surface area contributed by atoms with E-state index in [9.17, 15) is 5.11 Å². The van der Waals surface area contributed by atoms with Crippen LogP contribution in [0.3, 0.4) is 0 Å². The first kappa shape index (κ1) is 14.2. The van der Waals surface area contributed by atoms with E-state index < -0.39 is 5.60 Å². The normalized spacial score (nSPS) is 15.9. The number of hydrogen-bond donors (Lipinski definition) is 2. The number of aromatic nitrogens is 2. The molecular formula is C13H25N3O. The molecule has 4 heteroatoms. The van der Waals surface area contributed by atoms with Crippen LogP contribution in [0.4, 0.5) is 0 Å². The summed E-state index contributed by atoms with van der Waals surface area (Å²) >= 11 is 0. The lowest BCUT2D eigenvalue weighted by atomic mass is 9.74. The summed E-state index contributed by atoms with van der Waals surface area (Å²) in [4.78, 5) is 0. The Kier molecular flexibility index (Phi) is 3.99. The van der Waals surface area contributed by atoms with Crippen LogP contribution >= 0.6 is 0 Å². The van der Waals surface area contributed by atoms with E-state index >= 15 is 0 Å². The summed E-state index contributed by atoms with van der Waals surface area (Å²) < 4.78 is 1.93. The summed E-state index contributed by atoms with van der Waals surface area (Å²) in [6.45, 7) is 11.1. The maximum absolute atomic E-state index is 10.7. The number of rotatable bonds is 4. The Labute approximate surface area is 104 Å². The average molecular weight is 239 g/mol. The second-order valence-corrected chi connectivity index (χ2v) is 5.76. The van der Waals surface area contributed by atoms with Gasteiger partial charge in [0.05, 0.1) is 11.3 Å². The molecule has 0 fully saturated rings. The molecule has 0 aromatic carbocycles. The molecule has 1 aromatic rings. The van der Waals surface area contributed by atoms with Gasteiger partial charge in [-0.2, -0.15) is 5.10 Å². The highest BCUT2D eigenvalue weighted by molar-refractivity contribution is 5.13. The lowest BCUT2D eigenvalue weighted by Crippen LogP contribution is -2.51. The molecule has 4 nitrogen and oxygen atoms in total. The molecule has 0 bridgehead atoms. The quantitative estimate of drug-likeness (QED) is 0.836. The van der Waals surface area contributed by atoms with Gasteiger partial charge in [-0.1, -0.05) is 20.8 Å². The SMILES string of the molecule is CCn1nc(C)cc1CC(O)(CN)C(C)(C)C. The third-order valence-corrected chi connectivity index (χ3v) is 3.49. The van der Waals surface area contributed by atoms with Crippen LogP contribution in [0.1, 0.15) is 39.1 Å². The van der Waals surface area contributed by atoms with E-state index in [0.717, 1.165) is 17.9 Å². The smallest absolute Gasteiger partial charge is 0.0872 e. The van der Waals surface area contributed by atoms with Gasteiger partial charge in [0, 0.05) is 25.2 Å². The summed E-state index contributed by atoms with van der Waals surface area (Å²) in [7, 11) is 0. The van der Waals surface area contributed by atoms with Crippen molar-refractivity contribution in [1.29, 1.82) is 0 Å². The average Bonchev–Trinajstić information content (AvgIpc) is 2.56. The van der Waals surface area contributed by atoms with Crippen LogP contribution in [-0.2, 0) is 13.0 Å². The summed E-state index contributed by atoms with van der Waals surface area (Å²) in [5.41, 5.74) is 6.64. The van der Waals surface area contributed by atoms with E-state index in [4.69, 9.17) is 5.73 Å². The number of aliphatic hydroxyl groups is 1. The predicted octanol–water partition coefficient (Wildman–Crippen LogP) is 1.49. The van der Waals surface area contributed by atoms with E-state index in [0.29, 0.717) is 6.42 Å². The van der Waals surface area contributed by atoms with Gasteiger partial charge in [0.1, 0.15) is 0 Å². The third kappa shape index (κ3) is 2.87. The van der Waals surface area contributed by atoms with Crippen molar-refractivity contribution in [2.24, 2.45) is 11.1 Å². The molecule has 1 unspecified atom stereocenters. The largest absolute Gasteiger partial charge is 0.388 e. The molecule has 0 spiro atoms. The molecule has 0 aliphatic carbocycles. The first-order valence-electron chi connectivity index (χ1n) is 6.19. The van der Waals surface area contributed by atoms with Crippen molar-refractivity contribution in [2.75, 3.05) is 6.54 Å². The molecule has 1 rings (SSSR count). The standard InChI is InChI=1S/C13H25N3O/c1-6-16-11(7-10(2)15-16)8-13(17,9-14)12(3,4)5/h7,17H,6,8-9,14H2,1-5H3. The Morgan fingerprint density at radius 3 is 2.41 bits per heavy atom. The molecule has 0 saturated carbocycles. The molecular weight excluding hydrogens is 214 g/mol. The Morgan fingerprint density at radius 2 is 2.00 bits per heavy atom. The predicted molar refractivity (Wildman–Crippen MR) is 69.8 cm³/mol. The van der Waals surface area contributed by atoms with Crippen molar-refractivity contribution in [1.82, 2.24) is 9.78 Å². The maximum atomic E-state index is 10.7. The fourth-order valence-corrected chi connectivity index (χ4v) is 1.96. The van der Waals surface area contributed by atoms with Gasteiger partial charge in [-0.3, -0.25) is 4.68 Å². The topological polar surface area (TPSA) is 64.1 Å². The molecule has 0 aliphatic rings. The minimum atomic E-state index is -0.896. The molecule has 1 atom stereocenters. The maximum Gasteiger partial charge on any atom is 0.0872 e. The van der Waals surface area contributed by atoms with Gasteiger partial charge < -0.3 is 10.8 Å². The molecule has 17 heavy (non-hydrogen) atoms. The van der Waals surface area contributed by atoms with E-state index in [2.05, 4.69) is 12.0 Å². The minimum Gasteiger partial charge on any atom is -0.388 e. The van der Waals surface area contributed by atoms with Crippen LogP contribution in [0, 0.1) is 12.3 Å². The molecule has 0 saturated heterocycles. The van der Waals surface area contributed by atoms with E-state index in [1.54, 1.807) is 0 Å². The van der Waals surface area contributed by atoms with Gasteiger partial charge in [0.2, 0.25) is 0 Å². The first-order chi connectivity index (χ1) is 7.73. The summed E-state index contributed by atoms with van der Waals surface area (Å²) in [5.74, 6) is 0. The summed E-state index contributed by atoms with van der Waals surface area (Å²) in [5, 5.41) is 15.1. The highest BCUT2D eigenvalue weighted by Crippen LogP contribution is 2.32. The second kappa shape index (κ2) is 4.78. The minimum absolute atomic E-state index is 0.251. The molecule has 3 N–H and O–H groups in total. The number of nitrogens with zero attached hydrogens (tertiary/aromatic N) is 2. The zero-order valence-corrected chi connectivity index (χ0v) is 11.6. The molecule has 1 aromatic heterocycles.